The van der Waals surface area contributed by atoms with Crippen LogP contribution in [0.25, 0.3) is 0 Å². The van der Waals surface area contributed by atoms with Gasteiger partial charge in [0, 0.05) is 24.3 Å². The van der Waals surface area contributed by atoms with Crippen LogP contribution in [0.3, 0.4) is 0 Å². The molecule has 1 saturated heterocycles. The first-order valence-electron chi connectivity index (χ1n) is 7.87. The SMILES string of the molecule is O=C(CS[C@H]1CCCc2ccccc21)NC[C@@H]1CCOC1. The fourth-order valence-electron chi connectivity index (χ4n) is 3.11. The Kier molecular flexibility index (Phi) is 5.20. The monoisotopic (exact) mass is 305 g/mol. The highest BCUT2D eigenvalue weighted by Crippen LogP contribution is 2.39. The number of hydrogen-bond acceptors (Lipinski definition) is 3. The molecule has 3 rings (SSSR count). The summed E-state index contributed by atoms with van der Waals surface area (Å²) < 4.78 is 5.33. The molecule has 1 aliphatic heterocycles. The summed E-state index contributed by atoms with van der Waals surface area (Å²) in [7, 11) is 0. The lowest BCUT2D eigenvalue weighted by Crippen LogP contribution is -2.31. The molecule has 1 aromatic rings. The van der Waals surface area contributed by atoms with Crippen molar-refractivity contribution in [3.8, 4) is 0 Å². The van der Waals surface area contributed by atoms with Crippen LogP contribution in [-0.2, 0) is 16.0 Å². The zero-order valence-corrected chi connectivity index (χ0v) is 13.2. The second-order valence-electron chi connectivity index (χ2n) is 5.92. The molecular weight excluding hydrogens is 282 g/mol. The van der Waals surface area contributed by atoms with Crippen LogP contribution in [0, 0.1) is 5.92 Å². The van der Waals surface area contributed by atoms with Crippen LogP contribution in [-0.4, -0.2) is 31.4 Å². The smallest absolute Gasteiger partial charge is 0.230 e. The van der Waals surface area contributed by atoms with Gasteiger partial charge in [0.25, 0.3) is 0 Å². The number of ether oxygens (including phenoxy) is 1. The molecule has 0 spiro atoms. The van der Waals surface area contributed by atoms with Crippen LogP contribution in [0.4, 0.5) is 0 Å². The molecule has 3 nitrogen and oxygen atoms in total. The average Bonchev–Trinajstić information content (AvgIpc) is 3.04. The lowest BCUT2D eigenvalue weighted by Gasteiger charge is -2.24. The van der Waals surface area contributed by atoms with Crippen molar-refractivity contribution < 1.29 is 9.53 Å². The minimum Gasteiger partial charge on any atom is -0.381 e. The molecule has 0 saturated carbocycles. The predicted molar refractivity (Wildman–Crippen MR) is 86.5 cm³/mol. The molecule has 1 heterocycles. The summed E-state index contributed by atoms with van der Waals surface area (Å²) in [5, 5.41) is 3.53. The summed E-state index contributed by atoms with van der Waals surface area (Å²) in [6.45, 7) is 2.40. The predicted octanol–water partition coefficient (Wildman–Crippen LogP) is 2.95. The summed E-state index contributed by atoms with van der Waals surface area (Å²) in [6, 6.07) is 8.67. The summed E-state index contributed by atoms with van der Waals surface area (Å²) in [5.41, 5.74) is 2.90. The van der Waals surface area contributed by atoms with Crippen LogP contribution in [0.1, 0.15) is 35.6 Å². The Morgan fingerprint density at radius 2 is 2.24 bits per heavy atom. The molecule has 1 aromatic carbocycles. The molecule has 0 radical (unpaired) electrons. The molecule has 1 amide bonds. The molecule has 2 atom stereocenters. The maximum absolute atomic E-state index is 12.0. The highest BCUT2D eigenvalue weighted by molar-refractivity contribution is 8.00. The number of carbonyl (C=O) groups is 1. The second kappa shape index (κ2) is 7.32. The van der Waals surface area contributed by atoms with E-state index in [1.807, 2.05) is 0 Å². The molecule has 1 aliphatic carbocycles. The van der Waals surface area contributed by atoms with Gasteiger partial charge in [0.15, 0.2) is 0 Å². The first-order chi connectivity index (χ1) is 10.3. The Bertz CT molecular complexity index is 485. The van der Waals surface area contributed by atoms with E-state index in [1.165, 1.54) is 30.4 Å². The van der Waals surface area contributed by atoms with E-state index >= 15 is 0 Å². The molecule has 1 N–H and O–H groups in total. The van der Waals surface area contributed by atoms with E-state index in [0.717, 1.165) is 26.2 Å². The highest BCUT2D eigenvalue weighted by Gasteiger charge is 2.21. The minimum atomic E-state index is 0.162. The first kappa shape index (κ1) is 14.9. The van der Waals surface area contributed by atoms with E-state index in [4.69, 9.17) is 4.74 Å². The fraction of sp³-hybridized carbons (Fsp3) is 0.588. The van der Waals surface area contributed by atoms with E-state index in [1.54, 1.807) is 11.8 Å². The number of carbonyl (C=O) groups excluding carboxylic acids is 1. The number of nitrogens with one attached hydrogen (secondary N) is 1. The van der Waals surface area contributed by atoms with Crippen LogP contribution < -0.4 is 5.32 Å². The van der Waals surface area contributed by atoms with Crippen LogP contribution >= 0.6 is 11.8 Å². The summed E-state index contributed by atoms with van der Waals surface area (Å²) in [6.07, 6.45) is 4.67. The van der Waals surface area contributed by atoms with E-state index in [0.29, 0.717) is 16.9 Å². The van der Waals surface area contributed by atoms with Crippen molar-refractivity contribution in [2.75, 3.05) is 25.5 Å². The normalized spacial score (nSPS) is 24.6. The largest absolute Gasteiger partial charge is 0.381 e. The Morgan fingerprint density at radius 1 is 1.33 bits per heavy atom. The number of fused-ring (bicyclic) bond motifs is 1. The van der Waals surface area contributed by atoms with Gasteiger partial charge in [-0.1, -0.05) is 24.3 Å². The van der Waals surface area contributed by atoms with Gasteiger partial charge >= 0.3 is 0 Å². The van der Waals surface area contributed by atoms with E-state index < -0.39 is 0 Å². The summed E-state index contributed by atoms with van der Waals surface area (Å²) in [4.78, 5) is 12.0. The zero-order chi connectivity index (χ0) is 14.5. The van der Waals surface area contributed by atoms with Crippen molar-refractivity contribution in [1.82, 2.24) is 5.32 Å². The van der Waals surface area contributed by atoms with Gasteiger partial charge in [-0.25, -0.2) is 0 Å². The molecule has 0 unspecified atom stereocenters. The Hall–Kier alpha value is -1.00. The Morgan fingerprint density at radius 3 is 3.10 bits per heavy atom. The van der Waals surface area contributed by atoms with E-state index in [-0.39, 0.29) is 5.91 Å². The van der Waals surface area contributed by atoms with Gasteiger partial charge in [0.05, 0.1) is 12.4 Å². The lowest BCUT2D eigenvalue weighted by molar-refractivity contribution is -0.118. The number of aryl methyl sites for hydroxylation is 1. The number of hydrogen-bond donors (Lipinski definition) is 1. The maximum atomic E-state index is 12.0. The minimum absolute atomic E-state index is 0.162. The van der Waals surface area contributed by atoms with Crippen molar-refractivity contribution in [2.45, 2.75) is 30.9 Å². The molecule has 21 heavy (non-hydrogen) atoms. The van der Waals surface area contributed by atoms with Gasteiger partial charge in [-0.15, -0.1) is 11.8 Å². The van der Waals surface area contributed by atoms with Crippen molar-refractivity contribution in [3.63, 3.8) is 0 Å². The summed E-state index contributed by atoms with van der Waals surface area (Å²) >= 11 is 1.79. The van der Waals surface area contributed by atoms with E-state index in [2.05, 4.69) is 29.6 Å². The zero-order valence-electron chi connectivity index (χ0n) is 12.3. The highest BCUT2D eigenvalue weighted by atomic mass is 32.2. The number of amides is 1. The molecular formula is C17H23NO2S. The number of rotatable bonds is 5. The number of benzene rings is 1. The van der Waals surface area contributed by atoms with Crippen molar-refractivity contribution in [3.05, 3.63) is 35.4 Å². The third kappa shape index (κ3) is 4.01. The molecule has 1 fully saturated rings. The van der Waals surface area contributed by atoms with Crippen LogP contribution in [0.5, 0.6) is 0 Å². The lowest BCUT2D eigenvalue weighted by atomic mass is 9.91. The molecule has 4 heteroatoms. The molecule has 114 valence electrons. The Balaban J connectivity index is 1.45. The van der Waals surface area contributed by atoms with Gasteiger partial charge in [0.1, 0.15) is 0 Å². The first-order valence-corrected chi connectivity index (χ1v) is 8.91. The van der Waals surface area contributed by atoms with Gasteiger partial charge in [-0.2, -0.15) is 0 Å². The average molecular weight is 305 g/mol. The van der Waals surface area contributed by atoms with Crippen LogP contribution in [0.15, 0.2) is 24.3 Å². The molecule has 2 aliphatic rings. The van der Waals surface area contributed by atoms with Gasteiger partial charge in [-0.05, 0) is 36.8 Å². The van der Waals surface area contributed by atoms with Gasteiger partial charge in [-0.3, -0.25) is 4.79 Å². The second-order valence-corrected chi connectivity index (χ2v) is 7.12. The van der Waals surface area contributed by atoms with Crippen LogP contribution in [0.2, 0.25) is 0 Å². The molecule has 0 bridgehead atoms. The standard InChI is InChI=1S/C17H23NO2S/c19-17(18-10-13-8-9-20-11-13)12-21-16-7-3-5-14-4-1-2-6-15(14)16/h1-2,4,6,13,16H,3,5,7-12H2,(H,18,19)/t13-,16-/m0/s1. The Labute approximate surface area is 130 Å². The molecule has 0 aromatic heterocycles. The van der Waals surface area contributed by atoms with Crippen molar-refractivity contribution >= 4 is 17.7 Å². The fourth-order valence-corrected chi connectivity index (χ4v) is 4.31. The van der Waals surface area contributed by atoms with E-state index in [9.17, 15) is 4.79 Å². The van der Waals surface area contributed by atoms with Gasteiger partial charge in [0.2, 0.25) is 5.91 Å². The summed E-state index contributed by atoms with van der Waals surface area (Å²) in [5.74, 6) is 1.23. The number of thioether (sulfide) groups is 1. The maximum Gasteiger partial charge on any atom is 0.230 e. The van der Waals surface area contributed by atoms with Crippen molar-refractivity contribution in [1.29, 1.82) is 0 Å². The third-order valence-electron chi connectivity index (χ3n) is 4.34. The van der Waals surface area contributed by atoms with Gasteiger partial charge < -0.3 is 10.1 Å². The van der Waals surface area contributed by atoms with Crippen molar-refractivity contribution in [2.24, 2.45) is 5.92 Å². The topological polar surface area (TPSA) is 38.3 Å². The third-order valence-corrected chi connectivity index (χ3v) is 5.66. The quantitative estimate of drug-likeness (QED) is 0.909.